The monoisotopic (exact) mass is 512 g/mol. The van der Waals surface area contributed by atoms with Gasteiger partial charge >= 0.3 is 5.97 Å². The highest BCUT2D eigenvalue weighted by molar-refractivity contribution is 6.37. The molecule has 0 unspecified atom stereocenters. The third-order valence-corrected chi connectivity index (χ3v) is 6.41. The van der Waals surface area contributed by atoms with Gasteiger partial charge in [-0.15, -0.1) is 0 Å². The van der Waals surface area contributed by atoms with Gasteiger partial charge in [-0.2, -0.15) is 0 Å². The molecule has 0 spiro atoms. The fraction of sp³-hybridized carbons (Fsp3) is 0.290. The third kappa shape index (κ3) is 6.68. The summed E-state index contributed by atoms with van der Waals surface area (Å²) >= 11 is 0. The van der Waals surface area contributed by atoms with Crippen LogP contribution >= 0.6 is 0 Å². The number of carbonyl (C=O) groups excluding carboxylic acids is 2. The Morgan fingerprint density at radius 2 is 1.66 bits per heavy atom. The molecule has 1 amide bonds. The highest BCUT2D eigenvalue weighted by Gasteiger charge is 2.29. The number of hydrogen-bond donors (Lipinski definition) is 2. The lowest BCUT2D eigenvalue weighted by atomic mass is 9.99. The molecule has 7 nitrogen and oxygen atoms in total. The predicted octanol–water partition coefficient (Wildman–Crippen LogP) is 5.18. The van der Waals surface area contributed by atoms with Crippen molar-refractivity contribution in [1.29, 1.82) is 0 Å². The summed E-state index contributed by atoms with van der Waals surface area (Å²) in [6.07, 6.45) is 1.13. The first-order chi connectivity index (χ1) is 18.4. The molecule has 0 saturated carbocycles. The van der Waals surface area contributed by atoms with Crippen LogP contribution in [0.15, 0.2) is 72.8 Å². The molecule has 0 saturated heterocycles. The molecule has 0 fully saturated rings. The van der Waals surface area contributed by atoms with Crippen LogP contribution in [0.5, 0.6) is 0 Å². The quantitative estimate of drug-likeness (QED) is 0.273. The van der Waals surface area contributed by atoms with E-state index in [0.29, 0.717) is 29.1 Å². The van der Waals surface area contributed by atoms with Crippen LogP contribution in [0.25, 0.3) is 11.3 Å². The average molecular weight is 513 g/mol. The van der Waals surface area contributed by atoms with Crippen molar-refractivity contribution in [2.45, 2.75) is 19.9 Å². The van der Waals surface area contributed by atoms with Crippen LogP contribution in [0.4, 0.5) is 11.4 Å². The van der Waals surface area contributed by atoms with Gasteiger partial charge in [0.2, 0.25) is 0 Å². The first-order valence-electron chi connectivity index (χ1n) is 13.0. The van der Waals surface area contributed by atoms with Crippen LogP contribution in [0.3, 0.4) is 0 Å². The SMILES string of the molecule is CCOC(=O)c1ccc2c(c1)NC(=O)/C2=C(/Nc1ccc(CN(C)CCCN(C)C)cc1)c1ccccc1. The molecule has 3 aromatic carbocycles. The number of benzene rings is 3. The summed E-state index contributed by atoms with van der Waals surface area (Å²) in [5, 5.41) is 6.42. The van der Waals surface area contributed by atoms with Crippen molar-refractivity contribution in [3.8, 4) is 0 Å². The minimum atomic E-state index is -0.410. The molecule has 2 N–H and O–H groups in total. The highest BCUT2D eigenvalue weighted by Crippen LogP contribution is 2.38. The van der Waals surface area contributed by atoms with Crippen molar-refractivity contribution in [2.24, 2.45) is 0 Å². The standard InChI is InChI=1S/C31H36N4O3/c1-5-38-31(37)24-14-17-26-27(20-24)33-30(36)28(26)29(23-10-7-6-8-11-23)32-25-15-12-22(13-16-25)21-35(4)19-9-18-34(2)3/h6-8,10-17,20,32H,5,9,18-19,21H2,1-4H3,(H,33,36)/b29-28+. The molecule has 0 radical (unpaired) electrons. The minimum absolute atomic E-state index is 0.219. The third-order valence-electron chi connectivity index (χ3n) is 6.41. The Morgan fingerprint density at radius 3 is 2.34 bits per heavy atom. The summed E-state index contributed by atoms with van der Waals surface area (Å²) < 4.78 is 5.12. The Hall–Kier alpha value is -3.94. The zero-order valence-electron chi connectivity index (χ0n) is 22.6. The Morgan fingerprint density at radius 1 is 0.921 bits per heavy atom. The van der Waals surface area contributed by atoms with Gasteiger partial charge in [0.25, 0.3) is 5.91 Å². The smallest absolute Gasteiger partial charge is 0.338 e. The van der Waals surface area contributed by atoms with Gasteiger partial charge in [0.15, 0.2) is 0 Å². The van der Waals surface area contributed by atoms with E-state index in [0.717, 1.165) is 42.9 Å². The second kappa shape index (κ2) is 12.5. The van der Waals surface area contributed by atoms with Crippen molar-refractivity contribution >= 4 is 34.5 Å². The Kier molecular flexibility index (Phi) is 8.94. The van der Waals surface area contributed by atoms with E-state index in [1.54, 1.807) is 25.1 Å². The van der Waals surface area contributed by atoms with E-state index in [4.69, 9.17) is 4.74 Å². The zero-order valence-corrected chi connectivity index (χ0v) is 22.6. The van der Waals surface area contributed by atoms with Gasteiger partial charge in [-0.05, 0) is 83.0 Å². The molecule has 0 aliphatic carbocycles. The van der Waals surface area contributed by atoms with Gasteiger partial charge in [0.05, 0.1) is 29.1 Å². The largest absolute Gasteiger partial charge is 0.462 e. The van der Waals surface area contributed by atoms with E-state index >= 15 is 0 Å². The molecule has 1 heterocycles. The number of carbonyl (C=O) groups is 2. The van der Waals surface area contributed by atoms with Crippen LogP contribution in [0, 0.1) is 0 Å². The molecule has 0 bridgehead atoms. The molecule has 0 atom stereocenters. The zero-order chi connectivity index (χ0) is 27.1. The van der Waals surface area contributed by atoms with Crippen molar-refractivity contribution in [3.05, 3.63) is 95.1 Å². The number of anilines is 2. The fourth-order valence-corrected chi connectivity index (χ4v) is 4.53. The summed E-state index contributed by atoms with van der Waals surface area (Å²) in [4.78, 5) is 30.0. The topological polar surface area (TPSA) is 73.9 Å². The van der Waals surface area contributed by atoms with Crippen LogP contribution in [0.1, 0.15) is 40.4 Å². The van der Waals surface area contributed by atoms with Crippen molar-refractivity contribution in [3.63, 3.8) is 0 Å². The molecular formula is C31H36N4O3. The number of amides is 1. The van der Waals surface area contributed by atoms with Gasteiger partial charge in [0.1, 0.15) is 0 Å². The highest BCUT2D eigenvalue weighted by atomic mass is 16.5. The Balaban J connectivity index is 1.60. The molecule has 4 rings (SSSR count). The molecule has 198 valence electrons. The average Bonchev–Trinajstić information content (AvgIpc) is 3.23. The van der Waals surface area contributed by atoms with E-state index < -0.39 is 5.97 Å². The van der Waals surface area contributed by atoms with E-state index in [1.807, 2.05) is 42.5 Å². The molecule has 1 aliphatic heterocycles. The van der Waals surface area contributed by atoms with E-state index in [2.05, 4.69) is 53.7 Å². The van der Waals surface area contributed by atoms with Crippen LogP contribution in [-0.2, 0) is 16.1 Å². The normalized spacial score (nSPS) is 13.9. The van der Waals surface area contributed by atoms with Crippen LogP contribution < -0.4 is 10.6 Å². The fourth-order valence-electron chi connectivity index (χ4n) is 4.53. The molecule has 7 heteroatoms. The van der Waals surface area contributed by atoms with Crippen LogP contribution in [0.2, 0.25) is 0 Å². The molecule has 1 aliphatic rings. The molecule has 3 aromatic rings. The van der Waals surface area contributed by atoms with Gasteiger partial charge in [-0.25, -0.2) is 4.79 Å². The van der Waals surface area contributed by atoms with E-state index in [-0.39, 0.29) is 5.91 Å². The van der Waals surface area contributed by atoms with Crippen LogP contribution in [-0.4, -0.2) is 62.5 Å². The lowest BCUT2D eigenvalue weighted by molar-refractivity contribution is -0.110. The summed E-state index contributed by atoms with van der Waals surface area (Å²) in [5.41, 5.74) is 6.00. The number of nitrogens with zero attached hydrogens (tertiary/aromatic N) is 2. The molecule has 38 heavy (non-hydrogen) atoms. The number of esters is 1. The minimum Gasteiger partial charge on any atom is -0.462 e. The second-order valence-electron chi connectivity index (χ2n) is 9.77. The first kappa shape index (κ1) is 27.1. The summed E-state index contributed by atoms with van der Waals surface area (Å²) in [6, 6.07) is 23.3. The summed E-state index contributed by atoms with van der Waals surface area (Å²) in [7, 11) is 6.34. The van der Waals surface area contributed by atoms with Crippen molar-refractivity contribution in [1.82, 2.24) is 9.80 Å². The summed E-state index contributed by atoms with van der Waals surface area (Å²) in [5.74, 6) is -0.629. The van der Waals surface area contributed by atoms with E-state index in [9.17, 15) is 9.59 Å². The number of nitrogens with one attached hydrogen (secondary N) is 2. The van der Waals surface area contributed by atoms with Gasteiger partial charge in [-0.3, -0.25) is 4.79 Å². The number of rotatable bonds is 11. The van der Waals surface area contributed by atoms with Gasteiger partial charge in [-0.1, -0.05) is 48.5 Å². The maximum absolute atomic E-state index is 13.2. The number of fused-ring (bicyclic) bond motifs is 1. The number of ether oxygens (including phenoxy) is 1. The second-order valence-corrected chi connectivity index (χ2v) is 9.77. The van der Waals surface area contributed by atoms with Crippen molar-refractivity contribution < 1.29 is 14.3 Å². The Labute approximate surface area is 225 Å². The summed E-state index contributed by atoms with van der Waals surface area (Å²) in [6.45, 7) is 5.04. The maximum atomic E-state index is 13.2. The van der Waals surface area contributed by atoms with Crippen molar-refractivity contribution in [2.75, 3.05) is 51.5 Å². The first-order valence-corrected chi connectivity index (χ1v) is 13.0. The van der Waals surface area contributed by atoms with Gasteiger partial charge < -0.3 is 25.2 Å². The lowest BCUT2D eigenvalue weighted by Gasteiger charge is -2.19. The molecule has 0 aromatic heterocycles. The molecular weight excluding hydrogens is 476 g/mol. The van der Waals surface area contributed by atoms with E-state index in [1.165, 1.54) is 5.56 Å². The Bertz CT molecular complexity index is 1300. The maximum Gasteiger partial charge on any atom is 0.338 e. The predicted molar refractivity (Wildman–Crippen MR) is 154 cm³/mol. The number of hydrogen-bond acceptors (Lipinski definition) is 6. The van der Waals surface area contributed by atoms with Gasteiger partial charge in [0, 0.05) is 17.8 Å². The lowest BCUT2D eigenvalue weighted by Crippen LogP contribution is -2.23.